The van der Waals surface area contributed by atoms with E-state index >= 15 is 0 Å². The molecule has 0 aromatic carbocycles. The molecule has 0 saturated heterocycles. The fourth-order valence-corrected chi connectivity index (χ4v) is 3.55. The lowest BCUT2D eigenvalue weighted by Crippen LogP contribution is -2.53. The third-order valence-electron chi connectivity index (χ3n) is 3.29. The molecule has 1 unspecified atom stereocenters. The highest BCUT2D eigenvalue weighted by Crippen LogP contribution is 2.60. The monoisotopic (exact) mass is 214 g/mol. The van der Waals surface area contributed by atoms with Crippen molar-refractivity contribution in [1.29, 1.82) is 0 Å². The van der Waals surface area contributed by atoms with Gasteiger partial charge in [-0.05, 0) is 30.1 Å². The second kappa shape index (κ2) is 3.74. The standard InChI is InChI=1S/C13H26O2/c1-11(2,3)7-13(10(14)15-6)8-12(4,5)9-13/h10,14H,7-9H2,1-6H3. The van der Waals surface area contributed by atoms with Crippen molar-refractivity contribution in [2.75, 3.05) is 7.11 Å². The summed E-state index contributed by atoms with van der Waals surface area (Å²) in [6, 6.07) is 0. The lowest BCUT2D eigenvalue weighted by atomic mass is 9.50. The van der Waals surface area contributed by atoms with Gasteiger partial charge < -0.3 is 9.84 Å². The van der Waals surface area contributed by atoms with Gasteiger partial charge in [-0.3, -0.25) is 0 Å². The average molecular weight is 214 g/mol. The van der Waals surface area contributed by atoms with Crippen molar-refractivity contribution in [2.24, 2.45) is 16.2 Å². The molecule has 1 aliphatic carbocycles. The molecule has 0 bridgehead atoms. The molecule has 90 valence electrons. The van der Waals surface area contributed by atoms with E-state index in [1.165, 1.54) is 0 Å². The minimum Gasteiger partial charge on any atom is -0.367 e. The molecule has 0 amide bonds. The zero-order valence-electron chi connectivity index (χ0n) is 11.1. The molecule has 0 aromatic rings. The van der Waals surface area contributed by atoms with Gasteiger partial charge >= 0.3 is 0 Å². The number of ether oxygens (including phenoxy) is 1. The smallest absolute Gasteiger partial charge is 0.159 e. The van der Waals surface area contributed by atoms with Gasteiger partial charge in [0.1, 0.15) is 0 Å². The van der Waals surface area contributed by atoms with Gasteiger partial charge in [-0.2, -0.15) is 0 Å². The van der Waals surface area contributed by atoms with Crippen LogP contribution in [0.2, 0.25) is 0 Å². The summed E-state index contributed by atoms with van der Waals surface area (Å²) >= 11 is 0. The third kappa shape index (κ3) is 2.94. The van der Waals surface area contributed by atoms with Gasteiger partial charge in [0, 0.05) is 12.5 Å². The van der Waals surface area contributed by atoms with E-state index in [1.807, 2.05) is 0 Å². The summed E-state index contributed by atoms with van der Waals surface area (Å²) < 4.78 is 5.15. The molecule has 1 rings (SSSR count). The van der Waals surface area contributed by atoms with Gasteiger partial charge in [-0.1, -0.05) is 34.6 Å². The van der Waals surface area contributed by atoms with Crippen LogP contribution in [0.1, 0.15) is 53.9 Å². The van der Waals surface area contributed by atoms with Crippen LogP contribution in [0.25, 0.3) is 0 Å². The first-order valence-electron chi connectivity index (χ1n) is 5.81. The maximum Gasteiger partial charge on any atom is 0.159 e. The second-order valence-corrected chi connectivity index (χ2v) is 7.21. The first-order valence-corrected chi connectivity index (χ1v) is 5.81. The number of aliphatic hydroxyl groups excluding tert-OH is 1. The lowest BCUT2D eigenvalue weighted by Gasteiger charge is -2.57. The zero-order chi connectivity index (χ0) is 11.9. The van der Waals surface area contributed by atoms with Crippen LogP contribution in [0.4, 0.5) is 0 Å². The topological polar surface area (TPSA) is 29.5 Å². The SMILES string of the molecule is COC(O)C1(CC(C)(C)C)CC(C)(C)C1. The Kier molecular flexibility index (Phi) is 3.24. The van der Waals surface area contributed by atoms with Crippen LogP contribution in [-0.2, 0) is 4.74 Å². The highest BCUT2D eigenvalue weighted by Gasteiger charge is 2.54. The Balaban J connectivity index is 2.73. The maximum absolute atomic E-state index is 10.0. The van der Waals surface area contributed by atoms with Crippen LogP contribution < -0.4 is 0 Å². The van der Waals surface area contributed by atoms with E-state index in [0.29, 0.717) is 5.41 Å². The number of methoxy groups -OCH3 is 1. The Morgan fingerprint density at radius 1 is 1.27 bits per heavy atom. The van der Waals surface area contributed by atoms with Crippen LogP contribution in [-0.4, -0.2) is 18.5 Å². The van der Waals surface area contributed by atoms with Gasteiger partial charge in [-0.25, -0.2) is 0 Å². The maximum atomic E-state index is 10.0. The van der Waals surface area contributed by atoms with Crippen LogP contribution in [0.5, 0.6) is 0 Å². The van der Waals surface area contributed by atoms with Crippen LogP contribution >= 0.6 is 0 Å². The Labute approximate surface area is 94.0 Å². The van der Waals surface area contributed by atoms with Crippen LogP contribution in [0.15, 0.2) is 0 Å². The Bertz CT molecular complexity index is 217. The number of aliphatic hydroxyl groups is 1. The summed E-state index contributed by atoms with van der Waals surface area (Å²) in [4.78, 5) is 0. The molecule has 0 aliphatic heterocycles. The summed E-state index contributed by atoms with van der Waals surface area (Å²) in [5, 5.41) is 10.0. The number of hydrogen-bond donors (Lipinski definition) is 1. The minimum atomic E-state index is -0.607. The molecule has 2 heteroatoms. The summed E-state index contributed by atoms with van der Waals surface area (Å²) in [7, 11) is 1.60. The first kappa shape index (κ1) is 13.0. The van der Waals surface area contributed by atoms with Gasteiger partial charge in [0.05, 0.1) is 0 Å². The fraction of sp³-hybridized carbons (Fsp3) is 1.00. The van der Waals surface area contributed by atoms with Gasteiger partial charge in [0.15, 0.2) is 6.29 Å². The molecule has 1 N–H and O–H groups in total. The van der Waals surface area contributed by atoms with Gasteiger partial charge in [0.2, 0.25) is 0 Å². The third-order valence-corrected chi connectivity index (χ3v) is 3.29. The molecule has 1 atom stereocenters. The van der Waals surface area contributed by atoms with E-state index in [-0.39, 0.29) is 10.8 Å². The molecule has 2 nitrogen and oxygen atoms in total. The van der Waals surface area contributed by atoms with Crippen molar-refractivity contribution in [3.63, 3.8) is 0 Å². The summed E-state index contributed by atoms with van der Waals surface area (Å²) in [5.41, 5.74) is 0.595. The molecule has 0 radical (unpaired) electrons. The second-order valence-electron chi connectivity index (χ2n) is 7.21. The quantitative estimate of drug-likeness (QED) is 0.731. The summed E-state index contributed by atoms with van der Waals surface area (Å²) in [5.74, 6) is 0. The predicted molar refractivity (Wildman–Crippen MR) is 62.5 cm³/mol. The van der Waals surface area contributed by atoms with E-state index in [1.54, 1.807) is 7.11 Å². The summed E-state index contributed by atoms with van der Waals surface area (Å²) in [6.45, 7) is 11.2. The van der Waals surface area contributed by atoms with E-state index < -0.39 is 6.29 Å². The molecule has 1 aliphatic rings. The van der Waals surface area contributed by atoms with Crippen molar-refractivity contribution >= 4 is 0 Å². The molecule has 1 fully saturated rings. The van der Waals surface area contributed by atoms with Gasteiger partial charge in [0.25, 0.3) is 0 Å². The Morgan fingerprint density at radius 2 is 1.73 bits per heavy atom. The molecule has 1 saturated carbocycles. The zero-order valence-corrected chi connectivity index (χ0v) is 11.1. The minimum absolute atomic E-state index is 0.0174. The van der Waals surface area contributed by atoms with Crippen molar-refractivity contribution in [1.82, 2.24) is 0 Å². The first-order chi connectivity index (χ1) is 6.60. The largest absolute Gasteiger partial charge is 0.367 e. The highest BCUT2D eigenvalue weighted by molar-refractivity contribution is 5.02. The Hall–Kier alpha value is -0.0800. The molecular weight excluding hydrogens is 188 g/mol. The van der Waals surface area contributed by atoms with Crippen LogP contribution in [0.3, 0.4) is 0 Å². The van der Waals surface area contributed by atoms with E-state index in [0.717, 1.165) is 19.3 Å². The van der Waals surface area contributed by atoms with E-state index in [4.69, 9.17) is 4.74 Å². The van der Waals surface area contributed by atoms with Crippen LogP contribution in [0, 0.1) is 16.2 Å². The molecular formula is C13H26O2. The Morgan fingerprint density at radius 3 is 2.00 bits per heavy atom. The van der Waals surface area contributed by atoms with Crippen molar-refractivity contribution in [3.05, 3.63) is 0 Å². The fourth-order valence-electron chi connectivity index (χ4n) is 3.55. The van der Waals surface area contributed by atoms with Crippen molar-refractivity contribution < 1.29 is 9.84 Å². The van der Waals surface area contributed by atoms with E-state index in [9.17, 15) is 5.11 Å². The van der Waals surface area contributed by atoms with E-state index in [2.05, 4.69) is 34.6 Å². The number of rotatable bonds is 3. The molecule has 0 aromatic heterocycles. The van der Waals surface area contributed by atoms with Crippen molar-refractivity contribution in [2.45, 2.75) is 60.2 Å². The summed E-state index contributed by atoms with van der Waals surface area (Å²) in [6.07, 6.45) is 2.54. The molecule has 0 heterocycles. The number of hydrogen-bond acceptors (Lipinski definition) is 2. The molecule has 15 heavy (non-hydrogen) atoms. The van der Waals surface area contributed by atoms with Gasteiger partial charge in [-0.15, -0.1) is 0 Å². The predicted octanol–water partition coefficient (Wildman–Crippen LogP) is 3.19. The molecule has 0 spiro atoms. The average Bonchev–Trinajstić information content (AvgIpc) is 1.95. The highest BCUT2D eigenvalue weighted by atomic mass is 16.6. The van der Waals surface area contributed by atoms with Crippen molar-refractivity contribution in [3.8, 4) is 0 Å². The lowest BCUT2D eigenvalue weighted by molar-refractivity contribution is -0.229. The normalized spacial score (nSPS) is 25.8.